The van der Waals surface area contributed by atoms with Gasteiger partial charge in [-0.2, -0.15) is 5.10 Å². The molecule has 0 aliphatic carbocycles. The Labute approximate surface area is 120 Å². The Bertz CT molecular complexity index is 924. The number of hydrogen-bond acceptors (Lipinski definition) is 3. The van der Waals surface area contributed by atoms with Gasteiger partial charge in [0.15, 0.2) is 10.5 Å². The van der Waals surface area contributed by atoms with Crippen molar-refractivity contribution >= 4 is 23.0 Å². The molecule has 0 aliphatic rings. The molecule has 3 rings (SSSR count). The van der Waals surface area contributed by atoms with Crippen molar-refractivity contribution in [2.45, 2.75) is 0 Å². The molecule has 2 aromatic carbocycles. The van der Waals surface area contributed by atoms with Gasteiger partial charge in [-0.3, -0.25) is 9.36 Å². The third kappa shape index (κ3) is 1.96. The van der Waals surface area contributed by atoms with Crippen LogP contribution in [0.1, 0.15) is 0 Å². The molecule has 0 saturated heterocycles. The zero-order valence-corrected chi connectivity index (χ0v) is 12.0. The Hall–Kier alpha value is -2.27. The zero-order chi connectivity index (χ0) is 14.3. The van der Waals surface area contributed by atoms with E-state index in [4.69, 9.17) is 12.2 Å². The molecular weight excluding hydrogens is 270 g/mol. The molecule has 5 heteroatoms. The number of aromatic nitrogens is 3. The molecule has 20 heavy (non-hydrogen) atoms. The van der Waals surface area contributed by atoms with Crippen molar-refractivity contribution in [2.75, 3.05) is 0 Å². The highest BCUT2D eigenvalue weighted by atomic mass is 32.1. The third-order valence-corrected chi connectivity index (χ3v) is 3.88. The summed E-state index contributed by atoms with van der Waals surface area (Å²) in [7, 11) is 3.41. The molecule has 0 spiro atoms. The SMILES string of the molecule is Cn1nc(-c2ccc3ccccc3c2)c(=O)n(C)c1=S. The molecule has 1 heterocycles. The minimum absolute atomic E-state index is 0.177. The van der Waals surface area contributed by atoms with Crippen LogP contribution in [0.4, 0.5) is 0 Å². The van der Waals surface area contributed by atoms with Crippen molar-refractivity contribution in [3.8, 4) is 11.3 Å². The van der Waals surface area contributed by atoms with Gasteiger partial charge in [0.2, 0.25) is 0 Å². The number of hydrogen-bond donors (Lipinski definition) is 0. The number of rotatable bonds is 1. The summed E-state index contributed by atoms with van der Waals surface area (Å²) in [6.07, 6.45) is 0. The standard InChI is InChI=1S/C15H13N3OS/c1-17-14(19)13(16-18(2)15(17)20)12-8-7-10-5-3-4-6-11(10)9-12/h3-9H,1-2H3. The number of aryl methyl sites for hydroxylation is 1. The Balaban J connectivity index is 2.31. The van der Waals surface area contributed by atoms with E-state index in [1.807, 2.05) is 42.5 Å². The van der Waals surface area contributed by atoms with Crippen molar-refractivity contribution < 1.29 is 0 Å². The lowest BCUT2D eigenvalue weighted by Gasteiger charge is -2.08. The maximum Gasteiger partial charge on any atom is 0.280 e. The highest BCUT2D eigenvalue weighted by Crippen LogP contribution is 2.20. The van der Waals surface area contributed by atoms with Crippen LogP contribution in [0.3, 0.4) is 0 Å². The molecule has 4 nitrogen and oxygen atoms in total. The minimum Gasteiger partial charge on any atom is -0.285 e. The van der Waals surface area contributed by atoms with Gasteiger partial charge in [0.05, 0.1) is 0 Å². The van der Waals surface area contributed by atoms with Crippen molar-refractivity contribution in [2.24, 2.45) is 14.1 Å². The average Bonchev–Trinajstić information content (AvgIpc) is 2.48. The first-order valence-electron chi connectivity index (χ1n) is 6.21. The topological polar surface area (TPSA) is 39.8 Å². The maximum absolute atomic E-state index is 12.3. The molecule has 0 fully saturated rings. The third-order valence-electron chi connectivity index (χ3n) is 3.34. The summed E-state index contributed by atoms with van der Waals surface area (Å²) >= 11 is 5.13. The predicted octanol–water partition coefficient (Wildman–Crippen LogP) is 2.67. The fourth-order valence-corrected chi connectivity index (χ4v) is 2.34. The second-order valence-corrected chi connectivity index (χ2v) is 5.05. The highest BCUT2D eigenvalue weighted by molar-refractivity contribution is 7.71. The minimum atomic E-state index is -0.177. The number of nitrogens with zero attached hydrogens (tertiary/aromatic N) is 3. The van der Waals surface area contributed by atoms with Gasteiger partial charge < -0.3 is 0 Å². The first-order valence-corrected chi connectivity index (χ1v) is 6.62. The van der Waals surface area contributed by atoms with Gasteiger partial charge in [0.1, 0.15) is 0 Å². The van der Waals surface area contributed by atoms with Crippen LogP contribution in [0.25, 0.3) is 22.0 Å². The monoisotopic (exact) mass is 283 g/mol. The van der Waals surface area contributed by atoms with Crippen LogP contribution in [-0.2, 0) is 14.1 Å². The van der Waals surface area contributed by atoms with Crippen LogP contribution in [0, 0.1) is 4.77 Å². The normalized spacial score (nSPS) is 10.9. The van der Waals surface area contributed by atoms with Gasteiger partial charge in [-0.15, -0.1) is 0 Å². The van der Waals surface area contributed by atoms with Crippen molar-refractivity contribution in [1.82, 2.24) is 14.3 Å². The average molecular weight is 283 g/mol. The highest BCUT2D eigenvalue weighted by Gasteiger charge is 2.09. The van der Waals surface area contributed by atoms with Crippen LogP contribution in [0.2, 0.25) is 0 Å². The molecule has 3 aromatic rings. The predicted molar refractivity (Wildman–Crippen MR) is 82.2 cm³/mol. The van der Waals surface area contributed by atoms with E-state index in [1.54, 1.807) is 18.8 Å². The van der Waals surface area contributed by atoms with E-state index < -0.39 is 0 Å². The molecule has 0 bridgehead atoms. The molecular formula is C15H13N3OS. The van der Waals surface area contributed by atoms with E-state index in [0.29, 0.717) is 10.5 Å². The molecule has 0 amide bonds. The first kappa shape index (κ1) is 12.7. The van der Waals surface area contributed by atoms with E-state index in [2.05, 4.69) is 5.10 Å². The van der Waals surface area contributed by atoms with Gasteiger partial charge in [-0.05, 0) is 29.1 Å². The summed E-state index contributed by atoms with van der Waals surface area (Å²) in [5.74, 6) is 0. The van der Waals surface area contributed by atoms with Gasteiger partial charge >= 0.3 is 0 Å². The van der Waals surface area contributed by atoms with Crippen molar-refractivity contribution in [3.05, 3.63) is 57.6 Å². The van der Waals surface area contributed by atoms with E-state index in [0.717, 1.165) is 16.3 Å². The van der Waals surface area contributed by atoms with E-state index in [-0.39, 0.29) is 5.56 Å². The summed E-state index contributed by atoms with van der Waals surface area (Å²) in [4.78, 5) is 12.3. The van der Waals surface area contributed by atoms with Crippen LogP contribution >= 0.6 is 12.2 Å². The molecule has 0 atom stereocenters. The molecule has 0 aliphatic heterocycles. The molecule has 100 valence electrons. The van der Waals surface area contributed by atoms with Crippen molar-refractivity contribution in [3.63, 3.8) is 0 Å². The van der Waals surface area contributed by atoms with E-state index in [1.165, 1.54) is 4.57 Å². The Morgan fingerprint density at radius 1 is 1.05 bits per heavy atom. The summed E-state index contributed by atoms with van der Waals surface area (Å²) < 4.78 is 3.38. The smallest absolute Gasteiger partial charge is 0.280 e. The van der Waals surface area contributed by atoms with Gasteiger partial charge in [0.25, 0.3) is 5.56 Å². The van der Waals surface area contributed by atoms with Crippen LogP contribution in [0.5, 0.6) is 0 Å². The lowest BCUT2D eigenvalue weighted by molar-refractivity contribution is 0.632. The Morgan fingerprint density at radius 2 is 1.75 bits per heavy atom. The molecule has 0 unspecified atom stereocenters. The number of fused-ring (bicyclic) bond motifs is 1. The van der Waals surface area contributed by atoms with Crippen LogP contribution in [0.15, 0.2) is 47.3 Å². The maximum atomic E-state index is 12.3. The van der Waals surface area contributed by atoms with Crippen LogP contribution in [-0.4, -0.2) is 14.3 Å². The quantitative estimate of drug-likeness (QED) is 0.645. The van der Waals surface area contributed by atoms with Crippen LogP contribution < -0.4 is 5.56 Å². The Morgan fingerprint density at radius 3 is 2.50 bits per heavy atom. The zero-order valence-electron chi connectivity index (χ0n) is 11.2. The number of benzene rings is 2. The fourth-order valence-electron chi connectivity index (χ4n) is 2.22. The summed E-state index contributed by atoms with van der Waals surface area (Å²) in [5.41, 5.74) is 1.03. The lowest BCUT2D eigenvalue weighted by Crippen LogP contribution is -2.25. The molecule has 0 radical (unpaired) electrons. The summed E-state index contributed by atoms with van der Waals surface area (Å²) in [6.45, 7) is 0. The van der Waals surface area contributed by atoms with Gasteiger partial charge in [-0.1, -0.05) is 36.4 Å². The van der Waals surface area contributed by atoms with E-state index >= 15 is 0 Å². The largest absolute Gasteiger partial charge is 0.285 e. The molecule has 0 N–H and O–H groups in total. The van der Waals surface area contributed by atoms with E-state index in [9.17, 15) is 4.79 Å². The Kier molecular flexibility index (Phi) is 2.99. The molecule has 0 saturated carbocycles. The second kappa shape index (κ2) is 4.68. The second-order valence-electron chi connectivity index (χ2n) is 4.68. The van der Waals surface area contributed by atoms with Crippen molar-refractivity contribution in [1.29, 1.82) is 0 Å². The summed E-state index contributed by atoms with van der Waals surface area (Å²) in [6, 6.07) is 13.9. The lowest BCUT2D eigenvalue weighted by atomic mass is 10.1. The summed E-state index contributed by atoms with van der Waals surface area (Å²) in [5, 5.41) is 6.51. The fraction of sp³-hybridized carbons (Fsp3) is 0.133. The van der Waals surface area contributed by atoms with Gasteiger partial charge in [0, 0.05) is 19.7 Å². The first-order chi connectivity index (χ1) is 9.58. The van der Waals surface area contributed by atoms with Gasteiger partial charge in [-0.25, -0.2) is 4.68 Å². The molecule has 1 aromatic heterocycles.